The Kier molecular flexibility index (Phi) is 8.58. The maximum Gasteiger partial charge on any atom is 0.119 e. The van der Waals surface area contributed by atoms with E-state index in [9.17, 15) is 0 Å². The summed E-state index contributed by atoms with van der Waals surface area (Å²) in [6.45, 7) is 3.93. The van der Waals surface area contributed by atoms with E-state index in [-0.39, 0.29) is 0 Å². The predicted molar refractivity (Wildman–Crippen MR) is 154 cm³/mol. The molecule has 1 aliphatic carbocycles. The number of ether oxygens (including phenoxy) is 1. The van der Waals surface area contributed by atoms with Gasteiger partial charge < -0.3 is 15.4 Å². The van der Waals surface area contributed by atoms with Crippen LogP contribution in [-0.2, 0) is 6.54 Å². The number of rotatable bonds is 11. The number of hydrogen-bond acceptors (Lipinski definition) is 6. The van der Waals surface area contributed by atoms with Crippen LogP contribution in [0.4, 0.5) is 5.00 Å². The van der Waals surface area contributed by atoms with Gasteiger partial charge in [-0.25, -0.2) is 0 Å². The Morgan fingerprint density at radius 2 is 1.69 bits per heavy atom. The average Bonchev–Trinajstić information content (AvgIpc) is 3.66. The van der Waals surface area contributed by atoms with E-state index in [0.29, 0.717) is 12.1 Å². The molecule has 0 radical (unpaired) electrons. The Hall–Kier alpha value is -2.12. The molecule has 1 saturated carbocycles. The fraction of sp³-hybridized carbons (Fsp3) is 0.379. The van der Waals surface area contributed by atoms with Gasteiger partial charge in [0.2, 0.25) is 0 Å². The zero-order valence-electron chi connectivity index (χ0n) is 20.3. The third kappa shape index (κ3) is 6.56. The fourth-order valence-corrected chi connectivity index (χ4v) is 7.37. The molecule has 1 aliphatic rings. The van der Waals surface area contributed by atoms with Crippen LogP contribution in [0.2, 0.25) is 0 Å². The van der Waals surface area contributed by atoms with E-state index in [4.69, 9.17) is 4.74 Å². The number of benzene rings is 1. The van der Waals surface area contributed by atoms with E-state index >= 15 is 0 Å². The molecule has 0 unspecified atom stereocenters. The zero-order valence-corrected chi connectivity index (χ0v) is 22.7. The Bertz CT molecular complexity index is 1160. The van der Waals surface area contributed by atoms with Crippen molar-refractivity contribution in [1.29, 1.82) is 0 Å². The maximum absolute atomic E-state index is 5.82. The molecule has 0 amide bonds. The van der Waals surface area contributed by atoms with Crippen LogP contribution < -0.4 is 15.4 Å². The Balaban J connectivity index is 1.17. The van der Waals surface area contributed by atoms with Crippen molar-refractivity contribution < 1.29 is 4.74 Å². The minimum absolute atomic E-state index is 0.473. The SMILES string of the molecule is CCCCOc1ccc(-c2ccc(N[C@@H]3CCCC[C@H]3NCc3ccc(-c4cccs4)s3)s2)cc1. The zero-order chi connectivity index (χ0) is 23.9. The van der Waals surface area contributed by atoms with Gasteiger partial charge in [0, 0.05) is 38.1 Å². The van der Waals surface area contributed by atoms with Gasteiger partial charge in [0.15, 0.2) is 0 Å². The fourth-order valence-electron chi connectivity index (χ4n) is 4.61. The second-order valence-corrected chi connectivity index (χ2v) is 12.4. The number of thiophene rings is 3. The summed E-state index contributed by atoms with van der Waals surface area (Å²) in [6.07, 6.45) is 7.32. The minimum Gasteiger partial charge on any atom is -0.494 e. The van der Waals surface area contributed by atoms with Crippen molar-refractivity contribution in [1.82, 2.24) is 5.32 Å². The number of unbranched alkanes of at least 4 members (excludes halogenated alkanes) is 1. The molecule has 184 valence electrons. The molecule has 3 heterocycles. The summed E-state index contributed by atoms with van der Waals surface area (Å²) in [6, 6.07) is 22.9. The molecule has 35 heavy (non-hydrogen) atoms. The quantitative estimate of drug-likeness (QED) is 0.193. The lowest BCUT2D eigenvalue weighted by Crippen LogP contribution is -2.45. The number of anilines is 1. The van der Waals surface area contributed by atoms with Crippen LogP contribution >= 0.6 is 34.0 Å². The third-order valence-corrected chi connectivity index (χ3v) is 9.79. The molecule has 5 rings (SSSR count). The van der Waals surface area contributed by atoms with Crippen molar-refractivity contribution in [2.75, 3.05) is 11.9 Å². The van der Waals surface area contributed by atoms with Crippen LogP contribution in [0.5, 0.6) is 5.75 Å². The predicted octanol–water partition coefficient (Wildman–Crippen LogP) is 8.90. The lowest BCUT2D eigenvalue weighted by atomic mass is 9.90. The highest BCUT2D eigenvalue weighted by Crippen LogP contribution is 2.35. The van der Waals surface area contributed by atoms with E-state index in [2.05, 4.69) is 83.6 Å². The van der Waals surface area contributed by atoms with Crippen LogP contribution in [-0.4, -0.2) is 18.7 Å². The summed E-state index contributed by atoms with van der Waals surface area (Å²) < 4.78 is 5.82. The van der Waals surface area contributed by atoms with Gasteiger partial charge in [-0.2, -0.15) is 0 Å². The maximum atomic E-state index is 5.82. The van der Waals surface area contributed by atoms with Crippen LogP contribution in [0, 0.1) is 0 Å². The van der Waals surface area contributed by atoms with Gasteiger partial charge in [-0.15, -0.1) is 34.0 Å². The molecule has 0 aliphatic heterocycles. The summed E-state index contributed by atoms with van der Waals surface area (Å²) in [7, 11) is 0. The molecule has 3 aromatic heterocycles. The molecule has 4 aromatic rings. The summed E-state index contributed by atoms with van der Waals surface area (Å²) >= 11 is 5.58. The number of hydrogen-bond donors (Lipinski definition) is 2. The van der Waals surface area contributed by atoms with E-state index in [0.717, 1.165) is 31.7 Å². The van der Waals surface area contributed by atoms with Gasteiger partial charge in [0.25, 0.3) is 0 Å². The van der Waals surface area contributed by atoms with Gasteiger partial charge in [0.05, 0.1) is 11.6 Å². The second-order valence-electron chi connectivity index (χ2n) is 9.16. The second kappa shape index (κ2) is 12.2. The average molecular weight is 523 g/mol. The van der Waals surface area contributed by atoms with Gasteiger partial charge in [-0.05, 0) is 84.8 Å². The Morgan fingerprint density at radius 3 is 2.49 bits per heavy atom. The van der Waals surface area contributed by atoms with Gasteiger partial charge in [0.1, 0.15) is 5.75 Å². The highest BCUT2D eigenvalue weighted by molar-refractivity contribution is 7.21. The van der Waals surface area contributed by atoms with Crippen LogP contribution in [0.15, 0.2) is 66.0 Å². The molecule has 2 atom stereocenters. The smallest absolute Gasteiger partial charge is 0.119 e. The van der Waals surface area contributed by atoms with Crippen LogP contribution in [0.3, 0.4) is 0 Å². The van der Waals surface area contributed by atoms with Crippen LogP contribution in [0.25, 0.3) is 20.2 Å². The van der Waals surface area contributed by atoms with Crippen molar-refractivity contribution in [3.63, 3.8) is 0 Å². The standard InChI is InChI=1S/C29H34N2OS3/c1-2-3-18-32-22-12-10-21(11-13-22)26-16-17-29(35-26)31-25-8-5-4-7-24(25)30-20-23-14-15-28(34-23)27-9-6-19-33-27/h6,9-17,19,24-25,30-31H,2-5,7-8,18,20H2,1H3/t24-,25-/m1/s1. The molecule has 0 spiro atoms. The lowest BCUT2D eigenvalue weighted by Gasteiger charge is -2.33. The van der Waals surface area contributed by atoms with Gasteiger partial charge in [-0.1, -0.05) is 32.3 Å². The van der Waals surface area contributed by atoms with E-state index in [1.54, 1.807) is 0 Å². The van der Waals surface area contributed by atoms with E-state index < -0.39 is 0 Å². The van der Waals surface area contributed by atoms with E-state index in [1.807, 2.05) is 34.0 Å². The monoisotopic (exact) mass is 522 g/mol. The summed E-state index contributed by atoms with van der Waals surface area (Å²) in [5, 5.41) is 11.2. The van der Waals surface area contributed by atoms with Gasteiger partial charge in [-0.3, -0.25) is 0 Å². The first-order valence-corrected chi connectivity index (χ1v) is 15.3. The molecule has 6 heteroatoms. The highest BCUT2D eigenvalue weighted by atomic mass is 32.1. The van der Waals surface area contributed by atoms with Crippen molar-refractivity contribution in [3.8, 4) is 25.9 Å². The summed E-state index contributed by atoms with van der Waals surface area (Å²) in [5.74, 6) is 0.960. The van der Waals surface area contributed by atoms with Crippen molar-refractivity contribution in [2.24, 2.45) is 0 Å². The Morgan fingerprint density at radius 1 is 0.857 bits per heavy atom. The van der Waals surface area contributed by atoms with Crippen molar-refractivity contribution in [3.05, 3.63) is 70.9 Å². The molecule has 1 fully saturated rings. The molecule has 2 N–H and O–H groups in total. The minimum atomic E-state index is 0.473. The lowest BCUT2D eigenvalue weighted by molar-refractivity contribution is 0.309. The molecular formula is C29H34N2OS3. The topological polar surface area (TPSA) is 33.3 Å². The van der Waals surface area contributed by atoms with Gasteiger partial charge >= 0.3 is 0 Å². The van der Waals surface area contributed by atoms with Crippen molar-refractivity contribution in [2.45, 2.75) is 64.1 Å². The summed E-state index contributed by atoms with van der Waals surface area (Å²) in [5.41, 5.74) is 1.25. The molecular weight excluding hydrogens is 489 g/mol. The first-order valence-electron chi connectivity index (χ1n) is 12.7. The third-order valence-electron chi connectivity index (χ3n) is 6.57. The molecule has 3 nitrogen and oxygen atoms in total. The first kappa shape index (κ1) is 24.6. The normalized spacial score (nSPS) is 18.0. The van der Waals surface area contributed by atoms with Crippen molar-refractivity contribution >= 4 is 39.0 Å². The number of nitrogens with one attached hydrogen (secondary N) is 2. The molecule has 0 saturated heterocycles. The molecule has 0 bridgehead atoms. The van der Waals surface area contributed by atoms with Crippen LogP contribution in [0.1, 0.15) is 50.3 Å². The highest BCUT2D eigenvalue weighted by Gasteiger charge is 2.25. The van der Waals surface area contributed by atoms with E-state index in [1.165, 1.54) is 55.8 Å². The molecule has 1 aromatic carbocycles. The first-order chi connectivity index (χ1) is 17.3. The Labute approximate surface area is 221 Å². The largest absolute Gasteiger partial charge is 0.494 e. The summed E-state index contributed by atoms with van der Waals surface area (Å²) in [4.78, 5) is 5.46.